The van der Waals surface area contributed by atoms with Crippen LogP contribution in [0.3, 0.4) is 0 Å². The Kier molecular flexibility index (Phi) is 4.55. The quantitative estimate of drug-likeness (QED) is 0.896. The van der Waals surface area contributed by atoms with Gasteiger partial charge in [-0.1, -0.05) is 27.2 Å². The summed E-state index contributed by atoms with van der Waals surface area (Å²) in [5.74, 6) is 0.741. The van der Waals surface area contributed by atoms with Crippen LogP contribution in [-0.4, -0.2) is 22.4 Å². The smallest absolute Gasteiger partial charge is 0.244 e. The van der Waals surface area contributed by atoms with E-state index in [1.807, 2.05) is 6.92 Å². The maximum atomic E-state index is 12.9. The van der Waals surface area contributed by atoms with Crippen molar-refractivity contribution >= 4 is 17.2 Å². The van der Waals surface area contributed by atoms with Crippen LogP contribution in [0.25, 0.3) is 0 Å². The number of carbonyl (C=O) groups is 1. The van der Waals surface area contributed by atoms with Crippen molar-refractivity contribution in [2.75, 3.05) is 0 Å². The zero-order valence-electron chi connectivity index (χ0n) is 13.1. The standard InChI is InChI=1S/C16H26N2OS/c1-6-11(3)12(4)18-14(13-8-9-20-10-13)17-16(5,7-2)15(18)19/h8-12,14,17H,6-7H2,1-5H3. The Morgan fingerprint density at radius 3 is 2.65 bits per heavy atom. The maximum absolute atomic E-state index is 12.9. The molecule has 3 nitrogen and oxygen atoms in total. The second-order valence-electron chi connectivity index (χ2n) is 6.13. The zero-order valence-corrected chi connectivity index (χ0v) is 14.0. The molecule has 1 fully saturated rings. The number of nitrogens with zero attached hydrogens (tertiary/aromatic N) is 1. The van der Waals surface area contributed by atoms with E-state index in [0.717, 1.165) is 12.8 Å². The summed E-state index contributed by atoms with van der Waals surface area (Å²) in [5.41, 5.74) is 0.768. The van der Waals surface area contributed by atoms with Gasteiger partial charge in [0.2, 0.25) is 5.91 Å². The summed E-state index contributed by atoms with van der Waals surface area (Å²) in [6, 6.07) is 2.37. The molecule has 0 bridgehead atoms. The molecule has 1 saturated heterocycles. The lowest BCUT2D eigenvalue weighted by Crippen LogP contribution is -2.45. The lowest BCUT2D eigenvalue weighted by molar-refractivity contribution is -0.135. The Morgan fingerprint density at radius 2 is 2.15 bits per heavy atom. The molecule has 0 spiro atoms. The third-order valence-electron chi connectivity index (χ3n) is 4.91. The molecular formula is C16H26N2OS. The van der Waals surface area contributed by atoms with Gasteiger partial charge in [-0.15, -0.1) is 0 Å². The molecule has 0 aliphatic carbocycles. The van der Waals surface area contributed by atoms with Gasteiger partial charge in [0.1, 0.15) is 6.17 Å². The van der Waals surface area contributed by atoms with Crippen molar-refractivity contribution in [3.05, 3.63) is 22.4 Å². The van der Waals surface area contributed by atoms with Crippen molar-refractivity contribution in [1.82, 2.24) is 10.2 Å². The average Bonchev–Trinajstić information content (AvgIpc) is 3.06. The van der Waals surface area contributed by atoms with Crippen molar-refractivity contribution in [3.63, 3.8) is 0 Å². The van der Waals surface area contributed by atoms with Crippen molar-refractivity contribution in [2.24, 2.45) is 5.92 Å². The van der Waals surface area contributed by atoms with E-state index in [9.17, 15) is 4.79 Å². The maximum Gasteiger partial charge on any atom is 0.244 e. The molecule has 4 unspecified atom stereocenters. The van der Waals surface area contributed by atoms with Gasteiger partial charge < -0.3 is 4.90 Å². The number of thiophene rings is 1. The molecule has 1 aromatic heterocycles. The van der Waals surface area contributed by atoms with E-state index in [0.29, 0.717) is 5.92 Å². The number of amides is 1. The van der Waals surface area contributed by atoms with Gasteiger partial charge in [0.15, 0.2) is 0 Å². The van der Waals surface area contributed by atoms with Crippen LogP contribution in [0.15, 0.2) is 16.8 Å². The molecule has 1 aliphatic rings. The minimum absolute atomic E-state index is 0.0164. The number of hydrogen-bond donors (Lipinski definition) is 1. The predicted molar refractivity (Wildman–Crippen MR) is 84.7 cm³/mol. The lowest BCUT2D eigenvalue weighted by Gasteiger charge is -2.33. The van der Waals surface area contributed by atoms with Gasteiger partial charge in [-0.25, -0.2) is 0 Å². The van der Waals surface area contributed by atoms with Crippen LogP contribution in [0.5, 0.6) is 0 Å². The summed E-state index contributed by atoms with van der Waals surface area (Å²) >= 11 is 1.69. The minimum Gasteiger partial charge on any atom is -0.318 e. The summed E-state index contributed by atoms with van der Waals surface area (Å²) in [6.07, 6.45) is 1.92. The van der Waals surface area contributed by atoms with Gasteiger partial charge >= 0.3 is 0 Å². The molecule has 4 atom stereocenters. The topological polar surface area (TPSA) is 32.3 Å². The zero-order chi connectivity index (χ0) is 14.9. The van der Waals surface area contributed by atoms with Crippen LogP contribution < -0.4 is 5.32 Å². The predicted octanol–water partition coefficient (Wildman–Crippen LogP) is 3.78. The van der Waals surface area contributed by atoms with E-state index in [2.05, 4.69) is 54.7 Å². The van der Waals surface area contributed by atoms with Crippen LogP contribution in [-0.2, 0) is 4.79 Å². The molecule has 112 valence electrons. The summed E-state index contributed by atoms with van der Waals surface area (Å²) in [4.78, 5) is 15.0. The molecule has 2 rings (SSSR count). The van der Waals surface area contributed by atoms with E-state index >= 15 is 0 Å². The van der Waals surface area contributed by atoms with Crippen molar-refractivity contribution in [3.8, 4) is 0 Å². The summed E-state index contributed by atoms with van der Waals surface area (Å²) < 4.78 is 0. The monoisotopic (exact) mass is 294 g/mol. The number of nitrogens with one attached hydrogen (secondary N) is 1. The molecule has 1 amide bonds. The van der Waals surface area contributed by atoms with E-state index in [1.54, 1.807) is 11.3 Å². The van der Waals surface area contributed by atoms with Gasteiger partial charge in [0, 0.05) is 6.04 Å². The van der Waals surface area contributed by atoms with Gasteiger partial charge in [0.05, 0.1) is 5.54 Å². The number of rotatable bonds is 5. The van der Waals surface area contributed by atoms with E-state index < -0.39 is 5.54 Å². The van der Waals surface area contributed by atoms with Gasteiger partial charge in [0.25, 0.3) is 0 Å². The molecule has 0 radical (unpaired) electrons. The van der Waals surface area contributed by atoms with Crippen molar-refractivity contribution in [1.29, 1.82) is 0 Å². The van der Waals surface area contributed by atoms with Gasteiger partial charge in [-0.3, -0.25) is 10.1 Å². The Labute approximate surface area is 126 Å². The fourth-order valence-electron chi connectivity index (χ4n) is 2.80. The molecule has 0 aromatic carbocycles. The molecule has 1 N–H and O–H groups in total. The molecule has 2 heterocycles. The van der Waals surface area contributed by atoms with Crippen LogP contribution in [0, 0.1) is 5.92 Å². The molecular weight excluding hydrogens is 268 g/mol. The Bertz CT molecular complexity index is 459. The Morgan fingerprint density at radius 1 is 1.45 bits per heavy atom. The largest absolute Gasteiger partial charge is 0.318 e. The van der Waals surface area contributed by atoms with Crippen LogP contribution >= 0.6 is 11.3 Å². The molecule has 0 saturated carbocycles. The fraction of sp³-hybridized carbons (Fsp3) is 0.688. The Hall–Kier alpha value is -0.870. The highest BCUT2D eigenvalue weighted by atomic mass is 32.1. The van der Waals surface area contributed by atoms with Gasteiger partial charge in [-0.2, -0.15) is 11.3 Å². The first-order chi connectivity index (χ1) is 9.44. The first kappa shape index (κ1) is 15.5. The first-order valence-corrected chi connectivity index (χ1v) is 8.51. The molecule has 1 aliphatic heterocycles. The summed E-state index contributed by atoms with van der Waals surface area (Å²) in [6.45, 7) is 10.7. The highest BCUT2D eigenvalue weighted by Crippen LogP contribution is 2.36. The lowest BCUT2D eigenvalue weighted by atomic mass is 9.96. The molecule has 20 heavy (non-hydrogen) atoms. The Balaban J connectivity index is 2.35. The molecule has 4 heteroatoms. The third kappa shape index (κ3) is 2.51. The highest BCUT2D eigenvalue weighted by Gasteiger charge is 2.49. The number of carbonyl (C=O) groups excluding carboxylic acids is 1. The highest BCUT2D eigenvalue weighted by molar-refractivity contribution is 7.07. The summed E-state index contributed by atoms with van der Waals surface area (Å²) in [7, 11) is 0. The second kappa shape index (κ2) is 5.86. The second-order valence-corrected chi connectivity index (χ2v) is 6.91. The van der Waals surface area contributed by atoms with Gasteiger partial charge in [-0.05, 0) is 48.6 Å². The normalized spacial score (nSPS) is 29.8. The molecule has 1 aromatic rings. The SMILES string of the molecule is CCC(C)C(C)N1C(=O)C(C)(CC)NC1c1ccsc1. The number of hydrogen-bond acceptors (Lipinski definition) is 3. The first-order valence-electron chi connectivity index (χ1n) is 7.57. The van der Waals surface area contributed by atoms with Crippen LogP contribution in [0.2, 0.25) is 0 Å². The third-order valence-corrected chi connectivity index (χ3v) is 5.61. The van der Waals surface area contributed by atoms with Crippen molar-refractivity contribution < 1.29 is 4.79 Å². The summed E-state index contributed by atoms with van der Waals surface area (Å²) in [5, 5.41) is 7.78. The van der Waals surface area contributed by atoms with E-state index in [-0.39, 0.29) is 18.1 Å². The van der Waals surface area contributed by atoms with E-state index in [1.165, 1.54) is 5.56 Å². The van der Waals surface area contributed by atoms with Crippen molar-refractivity contribution in [2.45, 2.75) is 65.2 Å². The fourth-order valence-corrected chi connectivity index (χ4v) is 3.48. The average molecular weight is 294 g/mol. The minimum atomic E-state index is -0.436. The van der Waals surface area contributed by atoms with Crippen LogP contribution in [0.4, 0.5) is 0 Å². The van der Waals surface area contributed by atoms with E-state index in [4.69, 9.17) is 0 Å². The van der Waals surface area contributed by atoms with Crippen LogP contribution in [0.1, 0.15) is 59.2 Å².